The van der Waals surface area contributed by atoms with Crippen LogP contribution in [0.2, 0.25) is 10.0 Å². The molecule has 0 aliphatic carbocycles. The minimum Gasteiger partial charge on any atom is -0.336 e. The average Bonchev–Trinajstić information content (AvgIpc) is 2.85. The third-order valence-corrected chi connectivity index (χ3v) is 4.34. The highest BCUT2D eigenvalue weighted by Crippen LogP contribution is 2.24. The quantitative estimate of drug-likeness (QED) is 0.915. The van der Waals surface area contributed by atoms with Crippen LogP contribution in [0.4, 0.5) is 0 Å². The van der Waals surface area contributed by atoms with Crippen LogP contribution >= 0.6 is 23.2 Å². The van der Waals surface area contributed by atoms with Gasteiger partial charge in [0.1, 0.15) is 0 Å². The molecule has 1 aliphatic rings. The molecule has 1 fully saturated rings. The lowest BCUT2D eigenvalue weighted by Gasteiger charge is -2.18. The van der Waals surface area contributed by atoms with Gasteiger partial charge in [-0.1, -0.05) is 23.2 Å². The monoisotopic (exact) mass is 338 g/mol. The van der Waals surface area contributed by atoms with Crippen molar-refractivity contribution in [1.29, 1.82) is 0 Å². The van der Waals surface area contributed by atoms with Crippen LogP contribution in [0, 0.1) is 0 Å². The van der Waals surface area contributed by atoms with Crippen molar-refractivity contribution in [2.45, 2.75) is 6.42 Å². The second kappa shape index (κ2) is 6.69. The van der Waals surface area contributed by atoms with E-state index in [9.17, 15) is 4.79 Å². The zero-order chi connectivity index (χ0) is 15.5. The fourth-order valence-electron chi connectivity index (χ4n) is 2.42. The minimum absolute atomic E-state index is 0.0393. The number of aromatic nitrogens is 2. The highest BCUT2D eigenvalue weighted by Gasteiger charge is 2.19. The Morgan fingerprint density at radius 3 is 2.82 bits per heavy atom. The van der Waals surface area contributed by atoms with Crippen molar-refractivity contribution in [1.82, 2.24) is 20.0 Å². The van der Waals surface area contributed by atoms with Crippen LogP contribution in [0.1, 0.15) is 16.9 Å². The lowest BCUT2D eigenvalue weighted by molar-refractivity contribution is 0.0760. The molecular formula is C15H16Cl2N4O. The fraction of sp³-hybridized carbons (Fsp3) is 0.333. The van der Waals surface area contributed by atoms with E-state index in [0.29, 0.717) is 22.3 Å². The largest absolute Gasteiger partial charge is 0.336 e. The van der Waals surface area contributed by atoms with E-state index in [2.05, 4.69) is 10.4 Å². The number of nitrogens with one attached hydrogen (secondary N) is 1. The van der Waals surface area contributed by atoms with Gasteiger partial charge < -0.3 is 10.2 Å². The Morgan fingerprint density at radius 2 is 2.00 bits per heavy atom. The average molecular weight is 339 g/mol. The summed E-state index contributed by atoms with van der Waals surface area (Å²) in [6, 6.07) is 6.97. The van der Waals surface area contributed by atoms with E-state index in [4.69, 9.17) is 23.2 Å². The highest BCUT2D eigenvalue weighted by atomic mass is 35.5. The first kappa shape index (κ1) is 15.3. The van der Waals surface area contributed by atoms with Crippen molar-refractivity contribution in [3.63, 3.8) is 0 Å². The zero-order valence-corrected chi connectivity index (χ0v) is 13.4. The molecule has 1 saturated heterocycles. The Balaban J connectivity index is 1.80. The maximum absolute atomic E-state index is 12.5. The molecule has 0 spiro atoms. The van der Waals surface area contributed by atoms with Gasteiger partial charge in [-0.2, -0.15) is 5.10 Å². The van der Waals surface area contributed by atoms with Gasteiger partial charge in [0.15, 0.2) is 5.69 Å². The Hall–Kier alpha value is -1.56. The third kappa shape index (κ3) is 3.27. The van der Waals surface area contributed by atoms with E-state index in [1.54, 1.807) is 29.1 Å². The Morgan fingerprint density at radius 1 is 1.14 bits per heavy atom. The van der Waals surface area contributed by atoms with E-state index >= 15 is 0 Å². The van der Waals surface area contributed by atoms with Gasteiger partial charge in [0.25, 0.3) is 5.91 Å². The topological polar surface area (TPSA) is 50.2 Å². The Bertz CT molecular complexity index is 678. The zero-order valence-electron chi connectivity index (χ0n) is 11.9. The van der Waals surface area contributed by atoms with Gasteiger partial charge in [0, 0.05) is 25.8 Å². The predicted molar refractivity (Wildman–Crippen MR) is 87.0 cm³/mol. The lowest BCUT2D eigenvalue weighted by Crippen LogP contribution is -2.34. The third-order valence-electron chi connectivity index (χ3n) is 3.60. The number of amides is 1. The molecule has 1 aliphatic heterocycles. The van der Waals surface area contributed by atoms with Crippen LogP contribution in [0.3, 0.4) is 0 Å². The molecule has 5 nitrogen and oxygen atoms in total. The first-order valence-corrected chi connectivity index (χ1v) is 7.92. The summed E-state index contributed by atoms with van der Waals surface area (Å²) in [6.07, 6.45) is 2.71. The molecule has 1 N–H and O–H groups in total. The van der Waals surface area contributed by atoms with Crippen LogP contribution in [0.25, 0.3) is 5.69 Å². The van der Waals surface area contributed by atoms with Crippen LogP contribution in [0.15, 0.2) is 30.5 Å². The SMILES string of the molecule is O=C(c1ccn(-c2ccc(Cl)c(Cl)c2)n1)N1CCCNCC1. The summed E-state index contributed by atoms with van der Waals surface area (Å²) in [6.45, 7) is 3.23. The van der Waals surface area contributed by atoms with E-state index in [-0.39, 0.29) is 5.91 Å². The number of rotatable bonds is 2. The summed E-state index contributed by atoms with van der Waals surface area (Å²) in [4.78, 5) is 14.3. The predicted octanol–water partition coefficient (Wildman–Crippen LogP) is 2.61. The summed E-state index contributed by atoms with van der Waals surface area (Å²) < 4.78 is 1.63. The van der Waals surface area contributed by atoms with Gasteiger partial charge in [-0.05, 0) is 37.2 Å². The summed E-state index contributed by atoms with van der Waals surface area (Å²) in [5.41, 5.74) is 1.21. The number of halogens is 2. The summed E-state index contributed by atoms with van der Waals surface area (Å²) >= 11 is 11.9. The van der Waals surface area contributed by atoms with Crippen molar-refractivity contribution < 1.29 is 4.79 Å². The summed E-state index contributed by atoms with van der Waals surface area (Å²) in [7, 11) is 0. The van der Waals surface area contributed by atoms with E-state index in [1.807, 2.05) is 11.0 Å². The number of hydrogen-bond donors (Lipinski definition) is 1. The fourth-order valence-corrected chi connectivity index (χ4v) is 2.71. The van der Waals surface area contributed by atoms with Crippen molar-refractivity contribution >= 4 is 29.1 Å². The smallest absolute Gasteiger partial charge is 0.274 e. The van der Waals surface area contributed by atoms with Crippen LogP contribution in [-0.2, 0) is 0 Å². The molecule has 7 heteroatoms. The molecule has 1 amide bonds. The number of carbonyl (C=O) groups excluding carboxylic acids is 1. The van der Waals surface area contributed by atoms with Gasteiger partial charge in [0.2, 0.25) is 0 Å². The number of benzene rings is 1. The lowest BCUT2D eigenvalue weighted by atomic mass is 10.3. The van der Waals surface area contributed by atoms with Crippen molar-refractivity contribution in [2.75, 3.05) is 26.2 Å². The molecular weight excluding hydrogens is 323 g/mol. The van der Waals surface area contributed by atoms with Gasteiger partial charge in [-0.3, -0.25) is 4.79 Å². The molecule has 0 radical (unpaired) electrons. The van der Waals surface area contributed by atoms with Crippen molar-refractivity contribution in [3.8, 4) is 5.69 Å². The normalized spacial score (nSPS) is 15.6. The molecule has 3 rings (SSSR count). The molecule has 2 heterocycles. The molecule has 2 aromatic rings. The van der Waals surface area contributed by atoms with E-state index < -0.39 is 0 Å². The summed E-state index contributed by atoms with van der Waals surface area (Å²) in [5.74, 6) is -0.0393. The standard InChI is InChI=1S/C15H16Cl2N4O/c16-12-3-2-11(10-13(12)17)21-8-4-14(19-21)15(22)20-7-1-5-18-6-9-20/h2-4,8,10,18H,1,5-7,9H2. The van der Waals surface area contributed by atoms with Gasteiger partial charge in [-0.25, -0.2) is 4.68 Å². The van der Waals surface area contributed by atoms with Gasteiger partial charge in [0.05, 0.1) is 15.7 Å². The first-order chi connectivity index (χ1) is 10.6. The molecule has 0 bridgehead atoms. The summed E-state index contributed by atoms with van der Waals surface area (Å²) in [5, 5.41) is 8.59. The van der Waals surface area contributed by atoms with E-state index in [0.717, 1.165) is 31.7 Å². The van der Waals surface area contributed by atoms with Gasteiger partial charge in [-0.15, -0.1) is 0 Å². The number of carbonyl (C=O) groups is 1. The maximum atomic E-state index is 12.5. The molecule has 1 aromatic heterocycles. The number of nitrogens with zero attached hydrogens (tertiary/aromatic N) is 3. The van der Waals surface area contributed by atoms with Crippen LogP contribution in [0.5, 0.6) is 0 Å². The second-order valence-corrected chi connectivity index (χ2v) is 5.95. The first-order valence-electron chi connectivity index (χ1n) is 7.16. The highest BCUT2D eigenvalue weighted by molar-refractivity contribution is 6.42. The van der Waals surface area contributed by atoms with E-state index in [1.165, 1.54) is 0 Å². The van der Waals surface area contributed by atoms with Gasteiger partial charge >= 0.3 is 0 Å². The van der Waals surface area contributed by atoms with Crippen LogP contribution < -0.4 is 5.32 Å². The molecule has 0 atom stereocenters. The molecule has 22 heavy (non-hydrogen) atoms. The Labute approximate surface area is 138 Å². The molecule has 0 saturated carbocycles. The van der Waals surface area contributed by atoms with Crippen molar-refractivity contribution in [3.05, 3.63) is 46.2 Å². The van der Waals surface area contributed by atoms with Crippen LogP contribution in [-0.4, -0.2) is 46.8 Å². The second-order valence-electron chi connectivity index (χ2n) is 5.14. The van der Waals surface area contributed by atoms with Crippen molar-refractivity contribution in [2.24, 2.45) is 0 Å². The molecule has 116 valence electrons. The molecule has 0 unspecified atom stereocenters. The maximum Gasteiger partial charge on any atom is 0.274 e. The number of hydrogen-bond acceptors (Lipinski definition) is 3. The molecule has 1 aromatic carbocycles. The Kier molecular flexibility index (Phi) is 4.66. The minimum atomic E-state index is -0.0393.